The Morgan fingerprint density at radius 3 is 2.12 bits per heavy atom. The molecule has 3 N–H and O–H groups in total. The van der Waals surface area contributed by atoms with Crippen LogP contribution in [0.15, 0.2) is 11.1 Å². The van der Waals surface area contributed by atoms with Crippen molar-refractivity contribution < 1.29 is 15.3 Å². The average molecular weight is 459 g/mol. The minimum absolute atomic E-state index is 0.00145. The van der Waals surface area contributed by atoms with Crippen molar-refractivity contribution in [2.75, 3.05) is 0 Å². The zero-order chi connectivity index (χ0) is 24.2. The molecule has 5 rings (SSSR count). The van der Waals surface area contributed by atoms with E-state index in [1.165, 1.54) is 38.5 Å². The Morgan fingerprint density at radius 2 is 1.48 bits per heavy atom. The van der Waals surface area contributed by atoms with Crippen LogP contribution in [0.5, 0.6) is 0 Å². The third-order valence-corrected chi connectivity index (χ3v) is 12.9. The standard InChI is InChI=1S/C30H50O3/c1-26(2)23-11-10-21-20(28(23,5)15-14-24(26)31)13-17-29(6)19(12-16-30(21,29)7)18-8-9-22(25(18)32)27(3,4)33/h18-19,22-25,31-33H,8-17H2,1-7H3/t18-,19-,22?,23+,24+,25?,28-,29-,30+/m1/s1. The molecule has 0 aliphatic heterocycles. The number of hydrogen-bond donors (Lipinski definition) is 3. The first-order valence-corrected chi connectivity index (χ1v) is 14.0. The second kappa shape index (κ2) is 7.32. The highest BCUT2D eigenvalue weighted by Gasteiger charge is 2.64. The first-order chi connectivity index (χ1) is 15.2. The summed E-state index contributed by atoms with van der Waals surface area (Å²) < 4.78 is 0. The molecule has 0 radical (unpaired) electrons. The summed E-state index contributed by atoms with van der Waals surface area (Å²) in [5, 5.41) is 32.8. The number of fused-ring (bicyclic) bond motifs is 4. The maximum Gasteiger partial charge on any atom is 0.0644 e. The normalized spacial score (nSPS) is 51.8. The van der Waals surface area contributed by atoms with Gasteiger partial charge in [-0.3, -0.25) is 0 Å². The van der Waals surface area contributed by atoms with E-state index in [-0.39, 0.29) is 39.8 Å². The van der Waals surface area contributed by atoms with Gasteiger partial charge in [0.25, 0.3) is 0 Å². The zero-order valence-corrected chi connectivity index (χ0v) is 22.4. The molecule has 9 atom stereocenters. The smallest absolute Gasteiger partial charge is 0.0644 e. The summed E-state index contributed by atoms with van der Waals surface area (Å²) in [5.74, 6) is 1.45. The molecule has 3 nitrogen and oxygen atoms in total. The summed E-state index contributed by atoms with van der Waals surface area (Å²) in [6, 6.07) is 0. The van der Waals surface area contributed by atoms with Gasteiger partial charge in [0, 0.05) is 5.92 Å². The van der Waals surface area contributed by atoms with E-state index in [9.17, 15) is 15.3 Å². The Kier molecular flexibility index (Phi) is 5.40. The summed E-state index contributed by atoms with van der Waals surface area (Å²) >= 11 is 0. The second-order valence-electron chi connectivity index (χ2n) is 14.7. The van der Waals surface area contributed by atoms with Gasteiger partial charge in [-0.25, -0.2) is 0 Å². The first kappa shape index (κ1) is 24.3. The molecule has 188 valence electrons. The Labute approximate surface area is 202 Å². The van der Waals surface area contributed by atoms with E-state index in [2.05, 4.69) is 34.6 Å². The molecule has 5 aliphatic carbocycles. The fourth-order valence-corrected chi connectivity index (χ4v) is 10.6. The van der Waals surface area contributed by atoms with Gasteiger partial charge in [0.15, 0.2) is 0 Å². The van der Waals surface area contributed by atoms with Crippen LogP contribution >= 0.6 is 0 Å². The van der Waals surface area contributed by atoms with Crippen molar-refractivity contribution in [1.29, 1.82) is 0 Å². The highest BCUT2D eigenvalue weighted by atomic mass is 16.3. The molecule has 0 bridgehead atoms. The molecule has 5 aliphatic rings. The van der Waals surface area contributed by atoms with Crippen molar-refractivity contribution in [2.45, 2.75) is 130 Å². The highest BCUT2D eigenvalue weighted by molar-refractivity contribution is 5.39. The van der Waals surface area contributed by atoms with Crippen LogP contribution in [0.2, 0.25) is 0 Å². The van der Waals surface area contributed by atoms with E-state index < -0.39 is 5.60 Å². The van der Waals surface area contributed by atoms with Gasteiger partial charge >= 0.3 is 0 Å². The summed E-state index contributed by atoms with van der Waals surface area (Å²) in [6.45, 7) is 16.0. The quantitative estimate of drug-likeness (QED) is 0.428. The van der Waals surface area contributed by atoms with Crippen LogP contribution in [0.1, 0.15) is 113 Å². The topological polar surface area (TPSA) is 60.7 Å². The van der Waals surface area contributed by atoms with Crippen LogP contribution in [-0.2, 0) is 0 Å². The van der Waals surface area contributed by atoms with Crippen molar-refractivity contribution >= 4 is 0 Å². The lowest BCUT2D eigenvalue weighted by Gasteiger charge is -2.62. The lowest BCUT2D eigenvalue weighted by Crippen LogP contribution is -2.55. The number of aliphatic hydroxyl groups is 3. The van der Waals surface area contributed by atoms with Gasteiger partial charge in [-0.15, -0.1) is 0 Å². The predicted octanol–water partition coefficient (Wildman–Crippen LogP) is 6.25. The van der Waals surface area contributed by atoms with Crippen molar-refractivity contribution in [3.63, 3.8) is 0 Å². The van der Waals surface area contributed by atoms with Gasteiger partial charge in [0.1, 0.15) is 0 Å². The van der Waals surface area contributed by atoms with Gasteiger partial charge in [0.05, 0.1) is 17.8 Å². The number of allylic oxidation sites excluding steroid dienone is 2. The van der Waals surface area contributed by atoms with Gasteiger partial charge in [-0.1, -0.05) is 45.8 Å². The minimum Gasteiger partial charge on any atom is -0.393 e. The van der Waals surface area contributed by atoms with Crippen LogP contribution in [0.25, 0.3) is 0 Å². The van der Waals surface area contributed by atoms with Crippen LogP contribution < -0.4 is 0 Å². The maximum atomic E-state index is 11.3. The molecule has 0 spiro atoms. The Hall–Kier alpha value is -0.380. The molecule has 3 fully saturated rings. The lowest BCUT2D eigenvalue weighted by atomic mass is 9.43. The van der Waals surface area contributed by atoms with Crippen molar-refractivity contribution in [2.24, 2.45) is 45.3 Å². The number of rotatable bonds is 2. The Balaban J connectivity index is 1.49. The summed E-state index contributed by atoms with van der Waals surface area (Å²) in [4.78, 5) is 0. The van der Waals surface area contributed by atoms with E-state index in [4.69, 9.17) is 0 Å². The molecule has 33 heavy (non-hydrogen) atoms. The average Bonchev–Trinajstić information content (AvgIpc) is 3.22. The molecule has 0 saturated heterocycles. The molecular weight excluding hydrogens is 408 g/mol. The van der Waals surface area contributed by atoms with Crippen LogP contribution in [0.4, 0.5) is 0 Å². The van der Waals surface area contributed by atoms with Crippen LogP contribution in [0.3, 0.4) is 0 Å². The molecule has 0 heterocycles. The molecule has 3 heteroatoms. The summed E-state index contributed by atoms with van der Waals surface area (Å²) in [6.07, 6.45) is 10.8. The molecule has 0 aromatic carbocycles. The van der Waals surface area contributed by atoms with E-state index >= 15 is 0 Å². The third kappa shape index (κ3) is 3.10. The Bertz CT molecular complexity index is 836. The van der Waals surface area contributed by atoms with Gasteiger partial charge in [-0.2, -0.15) is 0 Å². The summed E-state index contributed by atoms with van der Waals surface area (Å²) in [7, 11) is 0. The van der Waals surface area contributed by atoms with Gasteiger partial charge in [0.2, 0.25) is 0 Å². The predicted molar refractivity (Wildman–Crippen MR) is 134 cm³/mol. The first-order valence-electron chi connectivity index (χ1n) is 14.0. The van der Waals surface area contributed by atoms with Crippen LogP contribution in [0, 0.1) is 45.3 Å². The van der Waals surface area contributed by atoms with Crippen LogP contribution in [-0.4, -0.2) is 33.1 Å². The van der Waals surface area contributed by atoms with Gasteiger partial charge < -0.3 is 15.3 Å². The molecular formula is C30H50O3. The third-order valence-electron chi connectivity index (χ3n) is 12.9. The van der Waals surface area contributed by atoms with Crippen molar-refractivity contribution in [3.05, 3.63) is 11.1 Å². The number of hydrogen-bond acceptors (Lipinski definition) is 3. The second-order valence-corrected chi connectivity index (χ2v) is 14.7. The van der Waals surface area contributed by atoms with E-state index in [0.29, 0.717) is 17.8 Å². The van der Waals surface area contributed by atoms with Crippen molar-refractivity contribution in [3.8, 4) is 0 Å². The van der Waals surface area contributed by atoms with E-state index in [0.717, 1.165) is 25.7 Å². The fourth-order valence-electron chi connectivity index (χ4n) is 10.6. The number of aliphatic hydroxyl groups excluding tert-OH is 2. The molecule has 0 aromatic heterocycles. The fraction of sp³-hybridized carbons (Fsp3) is 0.933. The lowest BCUT2D eigenvalue weighted by molar-refractivity contribution is -0.0981. The van der Waals surface area contributed by atoms with E-state index in [1.54, 1.807) is 11.1 Å². The molecule has 2 unspecified atom stereocenters. The Morgan fingerprint density at radius 1 is 0.788 bits per heavy atom. The largest absolute Gasteiger partial charge is 0.393 e. The summed E-state index contributed by atoms with van der Waals surface area (Å²) in [5.41, 5.74) is 3.43. The monoisotopic (exact) mass is 458 g/mol. The van der Waals surface area contributed by atoms with Crippen molar-refractivity contribution in [1.82, 2.24) is 0 Å². The molecule has 0 amide bonds. The minimum atomic E-state index is -0.801. The highest BCUT2D eigenvalue weighted by Crippen LogP contribution is 2.73. The molecule has 3 saturated carbocycles. The molecule has 0 aromatic rings. The SMILES string of the molecule is CC(C)(O)C1CC[C@H]([C@H]2CC[C@@]3(C)C4=C(CC[C@]23C)[C@@]2(C)CC[C@H](O)C(C)(C)[C@@H]2CC4)C1O. The van der Waals surface area contributed by atoms with E-state index in [1.807, 2.05) is 13.8 Å². The maximum absolute atomic E-state index is 11.3. The van der Waals surface area contributed by atoms with Gasteiger partial charge in [-0.05, 0) is 117 Å². The zero-order valence-electron chi connectivity index (χ0n) is 22.4.